The van der Waals surface area contributed by atoms with Crippen molar-refractivity contribution in [3.05, 3.63) is 53.6 Å². The Kier molecular flexibility index (Phi) is 9.99. The van der Waals surface area contributed by atoms with Crippen molar-refractivity contribution in [3.63, 3.8) is 0 Å². The second-order valence-electron chi connectivity index (χ2n) is 8.52. The molecule has 1 aliphatic heterocycles. The fourth-order valence-corrected chi connectivity index (χ4v) is 3.69. The lowest BCUT2D eigenvalue weighted by Crippen LogP contribution is -2.48. The summed E-state index contributed by atoms with van der Waals surface area (Å²) in [6, 6.07) is 7.79. The molecule has 2 aromatic rings. The number of nitrogens with one attached hydrogen (secondary N) is 3. The number of rotatable bonds is 9. The summed E-state index contributed by atoms with van der Waals surface area (Å²) in [5.41, 5.74) is 1.86. The number of hydrogen-bond acceptors (Lipinski definition) is 6. The van der Waals surface area contributed by atoms with Crippen LogP contribution in [-0.4, -0.2) is 72.1 Å². The van der Waals surface area contributed by atoms with E-state index in [0.29, 0.717) is 50.4 Å². The van der Waals surface area contributed by atoms with Crippen molar-refractivity contribution in [1.29, 1.82) is 0 Å². The third kappa shape index (κ3) is 8.19. The second-order valence-corrected chi connectivity index (χ2v) is 8.52. The van der Waals surface area contributed by atoms with Crippen molar-refractivity contribution in [3.8, 4) is 0 Å². The topological polar surface area (TPSA) is 116 Å². The van der Waals surface area contributed by atoms with E-state index in [4.69, 9.17) is 4.74 Å². The summed E-state index contributed by atoms with van der Waals surface area (Å²) in [7, 11) is 0. The number of halogens is 1. The van der Waals surface area contributed by atoms with Crippen LogP contribution in [0.3, 0.4) is 0 Å². The molecule has 36 heavy (non-hydrogen) atoms. The van der Waals surface area contributed by atoms with Gasteiger partial charge in [-0.3, -0.25) is 14.7 Å². The Morgan fingerprint density at radius 2 is 1.86 bits per heavy atom. The number of carbonyl (C=O) groups is 3. The first-order valence-corrected chi connectivity index (χ1v) is 12.0. The van der Waals surface area contributed by atoms with E-state index in [1.54, 1.807) is 29.2 Å². The number of benzene rings is 1. The Labute approximate surface area is 210 Å². The number of aromatic nitrogens is 1. The van der Waals surface area contributed by atoms with Crippen LogP contribution in [0.5, 0.6) is 0 Å². The molecular formula is C25H33FN6O4. The highest BCUT2D eigenvalue weighted by molar-refractivity contribution is 5.99. The molecule has 0 saturated carbocycles. The molecule has 0 bridgehead atoms. The number of anilines is 2. The number of carbonyl (C=O) groups excluding carboxylic acids is 3. The minimum absolute atomic E-state index is 0.0575. The molecule has 10 nitrogen and oxygen atoms in total. The normalized spacial score (nSPS) is 13.7. The van der Waals surface area contributed by atoms with Crippen LogP contribution in [0.4, 0.5) is 25.4 Å². The lowest BCUT2D eigenvalue weighted by molar-refractivity contribution is -0.121. The van der Waals surface area contributed by atoms with Gasteiger partial charge in [0.15, 0.2) is 5.82 Å². The lowest BCUT2D eigenvalue weighted by atomic mass is 10.1. The van der Waals surface area contributed by atoms with Crippen LogP contribution in [0.1, 0.15) is 31.0 Å². The van der Waals surface area contributed by atoms with Crippen LogP contribution in [0.2, 0.25) is 0 Å². The maximum absolute atomic E-state index is 15.1. The SMILES string of the molecule is CCCC(=O)NCCOC(=O)N1CCN(Cc2cccc(NC(=O)Nc3ccc(C)nc3)c2F)CC1. The molecule has 0 unspecified atom stereocenters. The Morgan fingerprint density at radius 1 is 1.08 bits per heavy atom. The Hall–Kier alpha value is -3.73. The molecule has 4 amide bonds. The minimum atomic E-state index is -0.561. The molecule has 194 valence electrons. The van der Waals surface area contributed by atoms with Crippen molar-refractivity contribution in [2.75, 3.05) is 50.0 Å². The zero-order valence-corrected chi connectivity index (χ0v) is 20.7. The molecule has 11 heteroatoms. The van der Waals surface area contributed by atoms with Gasteiger partial charge >= 0.3 is 12.1 Å². The van der Waals surface area contributed by atoms with E-state index in [1.165, 1.54) is 12.3 Å². The quantitative estimate of drug-likeness (QED) is 0.455. The van der Waals surface area contributed by atoms with Crippen LogP contribution in [0, 0.1) is 12.7 Å². The maximum Gasteiger partial charge on any atom is 0.409 e. The van der Waals surface area contributed by atoms with Gasteiger partial charge in [0.25, 0.3) is 0 Å². The van der Waals surface area contributed by atoms with Gasteiger partial charge in [0.2, 0.25) is 5.91 Å². The standard InChI is InChI=1S/C25H33FN6O4/c1-3-5-22(33)27-10-15-36-25(35)32-13-11-31(12-14-32)17-19-6-4-7-21(23(19)26)30-24(34)29-20-9-8-18(2)28-16-20/h4,6-9,16H,3,5,10-15,17H2,1-2H3,(H,27,33)(H2,29,30,34). The average molecular weight is 501 g/mol. The van der Waals surface area contributed by atoms with E-state index in [-0.39, 0.29) is 24.7 Å². The van der Waals surface area contributed by atoms with Crippen LogP contribution < -0.4 is 16.0 Å². The van der Waals surface area contributed by atoms with E-state index in [1.807, 2.05) is 18.7 Å². The number of hydrogen-bond donors (Lipinski definition) is 3. The third-order valence-corrected chi connectivity index (χ3v) is 5.65. The molecule has 0 atom stereocenters. The number of nitrogens with zero attached hydrogens (tertiary/aromatic N) is 3. The van der Waals surface area contributed by atoms with Gasteiger partial charge in [0.1, 0.15) is 6.61 Å². The molecule has 1 fully saturated rings. The fourth-order valence-electron chi connectivity index (χ4n) is 3.69. The van der Waals surface area contributed by atoms with E-state index < -0.39 is 17.9 Å². The highest BCUT2D eigenvalue weighted by Crippen LogP contribution is 2.21. The molecule has 1 aromatic carbocycles. The van der Waals surface area contributed by atoms with Crippen molar-refractivity contribution in [1.82, 2.24) is 20.1 Å². The number of amides is 4. The molecular weight excluding hydrogens is 467 g/mol. The van der Waals surface area contributed by atoms with E-state index in [9.17, 15) is 14.4 Å². The Bertz CT molecular complexity index is 1040. The summed E-state index contributed by atoms with van der Waals surface area (Å²) in [5.74, 6) is -0.556. The number of urea groups is 1. The molecule has 0 aliphatic carbocycles. The first-order valence-electron chi connectivity index (χ1n) is 12.0. The fraction of sp³-hybridized carbons (Fsp3) is 0.440. The van der Waals surface area contributed by atoms with E-state index in [0.717, 1.165) is 12.1 Å². The maximum atomic E-state index is 15.1. The van der Waals surface area contributed by atoms with Crippen LogP contribution >= 0.6 is 0 Å². The van der Waals surface area contributed by atoms with Crippen molar-refractivity contribution in [2.24, 2.45) is 0 Å². The Morgan fingerprint density at radius 3 is 2.56 bits per heavy atom. The summed E-state index contributed by atoms with van der Waals surface area (Å²) < 4.78 is 20.3. The summed E-state index contributed by atoms with van der Waals surface area (Å²) in [4.78, 5) is 43.7. The van der Waals surface area contributed by atoms with Crippen LogP contribution in [0.25, 0.3) is 0 Å². The molecule has 2 heterocycles. The molecule has 1 saturated heterocycles. The third-order valence-electron chi connectivity index (χ3n) is 5.65. The molecule has 0 radical (unpaired) electrons. The predicted molar refractivity (Wildman–Crippen MR) is 134 cm³/mol. The minimum Gasteiger partial charge on any atom is -0.448 e. The van der Waals surface area contributed by atoms with Crippen LogP contribution in [0.15, 0.2) is 36.5 Å². The van der Waals surface area contributed by atoms with E-state index in [2.05, 4.69) is 20.9 Å². The van der Waals surface area contributed by atoms with Gasteiger partial charge in [-0.05, 0) is 31.5 Å². The van der Waals surface area contributed by atoms with Gasteiger partial charge in [-0.2, -0.15) is 0 Å². The summed E-state index contributed by atoms with van der Waals surface area (Å²) in [6.45, 7) is 6.53. The van der Waals surface area contributed by atoms with Crippen LogP contribution in [-0.2, 0) is 16.1 Å². The molecule has 1 aliphatic rings. The summed E-state index contributed by atoms with van der Waals surface area (Å²) >= 11 is 0. The molecule has 3 rings (SSSR count). The van der Waals surface area contributed by atoms with Crippen molar-refractivity contribution < 1.29 is 23.5 Å². The molecule has 3 N–H and O–H groups in total. The second kappa shape index (κ2) is 13.4. The summed E-state index contributed by atoms with van der Waals surface area (Å²) in [6.07, 6.45) is 2.32. The smallest absolute Gasteiger partial charge is 0.409 e. The zero-order valence-electron chi connectivity index (χ0n) is 20.7. The van der Waals surface area contributed by atoms with Crippen molar-refractivity contribution in [2.45, 2.75) is 33.2 Å². The highest BCUT2D eigenvalue weighted by Gasteiger charge is 2.23. The monoisotopic (exact) mass is 500 g/mol. The first-order chi connectivity index (χ1) is 17.4. The van der Waals surface area contributed by atoms with Gasteiger partial charge in [-0.1, -0.05) is 19.1 Å². The van der Waals surface area contributed by atoms with Crippen molar-refractivity contribution >= 4 is 29.4 Å². The number of pyridine rings is 1. The molecule has 0 spiro atoms. The number of piperazine rings is 1. The summed E-state index contributed by atoms with van der Waals surface area (Å²) in [5, 5.41) is 7.88. The van der Waals surface area contributed by atoms with Gasteiger partial charge < -0.3 is 25.6 Å². The molecule has 1 aromatic heterocycles. The average Bonchev–Trinajstić information content (AvgIpc) is 2.86. The van der Waals surface area contributed by atoms with E-state index >= 15 is 4.39 Å². The van der Waals surface area contributed by atoms with Gasteiger partial charge in [-0.25, -0.2) is 14.0 Å². The lowest BCUT2D eigenvalue weighted by Gasteiger charge is -2.34. The largest absolute Gasteiger partial charge is 0.448 e. The predicted octanol–water partition coefficient (Wildman–Crippen LogP) is 3.34. The number of aryl methyl sites for hydroxylation is 1. The van der Waals surface area contributed by atoms with Gasteiger partial charge in [0.05, 0.1) is 24.1 Å². The van der Waals surface area contributed by atoms with Gasteiger partial charge in [0, 0.05) is 50.4 Å². The zero-order chi connectivity index (χ0) is 25.9. The highest BCUT2D eigenvalue weighted by atomic mass is 19.1. The Balaban J connectivity index is 1.43. The number of ether oxygens (including phenoxy) is 1. The van der Waals surface area contributed by atoms with Gasteiger partial charge in [-0.15, -0.1) is 0 Å². The first kappa shape index (κ1) is 26.9.